The SMILES string of the molecule is Cc1ccc(-c2cc(=O)[nH]c(Nc3cccc(F)c3C)n2)cc1. The molecule has 5 heteroatoms. The monoisotopic (exact) mass is 309 g/mol. The molecule has 0 aliphatic carbocycles. The van der Waals surface area contributed by atoms with Gasteiger partial charge in [-0.1, -0.05) is 35.9 Å². The summed E-state index contributed by atoms with van der Waals surface area (Å²) in [5, 5.41) is 2.97. The van der Waals surface area contributed by atoms with Gasteiger partial charge in [0.05, 0.1) is 5.69 Å². The van der Waals surface area contributed by atoms with Crippen LogP contribution in [-0.4, -0.2) is 9.97 Å². The lowest BCUT2D eigenvalue weighted by Crippen LogP contribution is -2.11. The first-order valence-electron chi connectivity index (χ1n) is 7.23. The van der Waals surface area contributed by atoms with Gasteiger partial charge in [0, 0.05) is 22.9 Å². The Morgan fingerprint density at radius 1 is 1.09 bits per heavy atom. The minimum absolute atomic E-state index is 0.271. The first-order valence-corrected chi connectivity index (χ1v) is 7.23. The summed E-state index contributed by atoms with van der Waals surface area (Å²) in [5.41, 5.74) is 3.30. The first kappa shape index (κ1) is 15.0. The largest absolute Gasteiger partial charge is 0.325 e. The van der Waals surface area contributed by atoms with E-state index in [1.807, 2.05) is 31.2 Å². The zero-order valence-corrected chi connectivity index (χ0v) is 12.9. The Balaban J connectivity index is 1.99. The van der Waals surface area contributed by atoms with E-state index in [0.717, 1.165) is 11.1 Å². The van der Waals surface area contributed by atoms with E-state index in [2.05, 4.69) is 15.3 Å². The summed E-state index contributed by atoms with van der Waals surface area (Å²) in [4.78, 5) is 18.9. The van der Waals surface area contributed by atoms with Gasteiger partial charge in [-0.25, -0.2) is 9.37 Å². The molecule has 2 aromatic carbocycles. The number of hydrogen-bond acceptors (Lipinski definition) is 3. The van der Waals surface area contributed by atoms with Crippen molar-refractivity contribution in [3.63, 3.8) is 0 Å². The number of hydrogen-bond donors (Lipinski definition) is 2. The average Bonchev–Trinajstić information content (AvgIpc) is 2.52. The first-order chi connectivity index (χ1) is 11.0. The summed E-state index contributed by atoms with van der Waals surface area (Å²) >= 11 is 0. The van der Waals surface area contributed by atoms with Crippen LogP contribution in [-0.2, 0) is 0 Å². The molecule has 0 atom stereocenters. The van der Waals surface area contributed by atoms with Crippen LogP contribution >= 0.6 is 0 Å². The van der Waals surface area contributed by atoms with Crippen molar-refractivity contribution in [1.82, 2.24) is 9.97 Å². The van der Waals surface area contributed by atoms with Crippen LogP contribution in [0.2, 0.25) is 0 Å². The topological polar surface area (TPSA) is 57.8 Å². The lowest BCUT2D eigenvalue weighted by atomic mass is 10.1. The maximum absolute atomic E-state index is 13.6. The highest BCUT2D eigenvalue weighted by molar-refractivity contribution is 5.63. The zero-order chi connectivity index (χ0) is 16.4. The van der Waals surface area contributed by atoms with Crippen LogP contribution in [0.4, 0.5) is 16.0 Å². The van der Waals surface area contributed by atoms with Crippen molar-refractivity contribution in [3.8, 4) is 11.3 Å². The number of anilines is 2. The van der Waals surface area contributed by atoms with Crippen LogP contribution in [0.25, 0.3) is 11.3 Å². The predicted molar refractivity (Wildman–Crippen MR) is 89.5 cm³/mol. The molecule has 0 saturated carbocycles. The molecule has 4 nitrogen and oxygen atoms in total. The second-order valence-electron chi connectivity index (χ2n) is 5.38. The second kappa shape index (κ2) is 6.04. The molecule has 0 aliphatic rings. The van der Waals surface area contributed by atoms with Crippen molar-refractivity contribution in [3.05, 3.63) is 75.8 Å². The van der Waals surface area contributed by atoms with Gasteiger partial charge in [-0.2, -0.15) is 0 Å². The van der Waals surface area contributed by atoms with Gasteiger partial charge < -0.3 is 5.32 Å². The molecule has 23 heavy (non-hydrogen) atoms. The summed E-state index contributed by atoms with van der Waals surface area (Å²) in [6.07, 6.45) is 0. The number of benzene rings is 2. The Labute approximate surface area is 133 Å². The third-order valence-electron chi connectivity index (χ3n) is 3.61. The van der Waals surface area contributed by atoms with Gasteiger partial charge in [-0.3, -0.25) is 9.78 Å². The van der Waals surface area contributed by atoms with Crippen LogP contribution in [0, 0.1) is 19.7 Å². The van der Waals surface area contributed by atoms with Crippen LogP contribution < -0.4 is 10.9 Å². The molecule has 0 amide bonds. The number of rotatable bonds is 3. The quantitative estimate of drug-likeness (QED) is 0.770. The number of nitrogens with one attached hydrogen (secondary N) is 2. The number of aromatic nitrogens is 2. The number of aryl methyl sites for hydroxylation is 1. The highest BCUT2D eigenvalue weighted by Gasteiger charge is 2.07. The normalized spacial score (nSPS) is 10.6. The average molecular weight is 309 g/mol. The van der Waals surface area contributed by atoms with Gasteiger partial charge in [0.15, 0.2) is 0 Å². The van der Waals surface area contributed by atoms with Crippen molar-refractivity contribution >= 4 is 11.6 Å². The maximum Gasteiger partial charge on any atom is 0.252 e. The van der Waals surface area contributed by atoms with Crippen molar-refractivity contribution in [2.24, 2.45) is 0 Å². The molecule has 1 heterocycles. The van der Waals surface area contributed by atoms with Crippen molar-refractivity contribution < 1.29 is 4.39 Å². The van der Waals surface area contributed by atoms with Gasteiger partial charge in [-0.15, -0.1) is 0 Å². The lowest BCUT2D eigenvalue weighted by molar-refractivity contribution is 0.619. The Morgan fingerprint density at radius 3 is 2.57 bits per heavy atom. The zero-order valence-electron chi connectivity index (χ0n) is 12.9. The minimum atomic E-state index is -0.313. The van der Waals surface area contributed by atoms with Crippen LogP contribution in [0.1, 0.15) is 11.1 Å². The molecule has 3 aromatic rings. The third-order valence-corrected chi connectivity index (χ3v) is 3.61. The minimum Gasteiger partial charge on any atom is -0.325 e. The third kappa shape index (κ3) is 3.29. The van der Waals surface area contributed by atoms with E-state index in [1.54, 1.807) is 19.1 Å². The standard InChI is InChI=1S/C18H16FN3O/c1-11-6-8-13(9-7-11)16-10-17(23)22-18(21-16)20-15-5-3-4-14(19)12(15)2/h3-10H,1-2H3,(H2,20,21,22,23). The molecule has 116 valence electrons. The molecule has 0 aliphatic heterocycles. The van der Waals surface area contributed by atoms with Crippen molar-refractivity contribution in [1.29, 1.82) is 0 Å². The number of aromatic amines is 1. The summed E-state index contributed by atoms with van der Waals surface area (Å²) in [6, 6.07) is 13.9. The Kier molecular flexibility index (Phi) is 3.93. The van der Waals surface area contributed by atoms with E-state index in [4.69, 9.17) is 0 Å². The van der Waals surface area contributed by atoms with Crippen LogP contribution in [0.15, 0.2) is 53.3 Å². The number of halogens is 1. The molecule has 0 radical (unpaired) electrons. The Bertz CT molecular complexity index is 901. The van der Waals surface area contributed by atoms with E-state index in [-0.39, 0.29) is 17.3 Å². The molecular weight excluding hydrogens is 293 g/mol. The van der Waals surface area contributed by atoms with Crippen molar-refractivity contribution in [2.45, 2.75) is 13.8 Å². The summed E-state index contributed by atoms with van der Waals surface area (Å²) in [6.45, 7) is 3.66. The molecule has 0 saturated heterocycles. The Hall–Kier alpha value is -2.95. The van der Waals surface area contributed by atoms with Gasteiger partial charge >= 0.3 is 0 Å². The fourth-order valence-electron chi connectivity index (χ4n) is 2.26. The molecule has 0 unspecified atom stereocenters. The van der Waals surface area contributed by atoms with E-state index in [9.17, 15) is 9.18 Å². The van der Waals surface area contributed by atoms with Crippen molar-refractivity contribution in [2.75, 3.05) is 5.32 Å². The molecule has 2 N–H and O–H groups in total. The fraction of sp³-hybridized carbons (Fsp3) is 0.111. The molecule has 3 rings (SSSR count). The predicted octanol–water partition coefficient (Wildman–Crippen LogP) is 3.94. The van der Waals surface area contributed by atoms with Gasteiger partial charge in [0.25, 0.3) is 5.56 Å². The van der Waals surface area contributed by atoms with Crippen LogP contribution in [0.5, 0.6) is 0 Å². The van der Waals surface area contributed by atoms with E-state index in [0.29, 0.717) is 16.9 Å². The summed E-state index contributed by atoms with van der Waals surface area (Å²) in [5.74, 6) is -0.0335. The van der Waals surface area contributed by atoms with Gasteiger partial charge in [-0.05, 0) is 26.0 Å². The van der Waals surface area contributed by atoms with E-state index < -0.39 is 0 Å². The number of H-pyrrole nitrogens is 1. The summed E-state index contributed by atoms with van der Waals surface area (Å²) in [7, 11) is 0. The fourth-order valence-corrected chi connectivity index (χ4v) is 2.26. The van der Waals surface area contributed by atoms with Gasteiger partial charge in [0.1, 0.15) is 5.82 Å². The van der Waals surface area contributed by atoms with Gasteiger partial charge in [0.2, 0.25) is 5.95 Å². The van der Waals surface area contributed by atoms with E-state index >= 15 is 0 Å². The highest BCUT2D eigenvalue weighted by Crippen LogP contribution is 2.22. The molecule has 0 fully saturated rings. The number of nitrogens with zero attached hydrogens (tertiary/aromatic N) is 1. The molecular formula is C18H16FN3O. The smallest absolute Gasteiger partial charge is 0.252 e. The van der Waals surface area contributed by atoms with E-state index in [1.165, 1.54) is 12.1 Å². The lowest BCUT2D eigenvalue weighted by Gasteiger charge is -2.10. The second-order valence-corrected chi connectivity index (χ2v) is 5.38. The molecule has 0 spiro atoms. The highest BCUT2D eigenvalue weighted by atomic mass is 19.1. The van der Waals surface area contributed by atoms with Crippen LogP contribution in [0.3, 0.4) is 0 Å². The molecule has 0 bridgehead atoms. The summed E-state index contributed by atoms with van der Waals surface area (Å²) < 4.78 is 13.6. The maximum atomic E-state index is 13.6. The Morgan fingerprint density at radius 2 is 1.83 bits per heavy atom. The molecule has 1 aromatic heterocycles.